The molecule has 27 heavy (non-hydrogen) atoms. The Morgan fingerprint density at radius 3 is 2.59 bits per heavy atom. The van der Waals surface area contributed by atoms with Crippen molar-refractivity contribution >= 4 is 28.5 Å². The minimum Gasteiger partial charge on any atom is -0.282 e. The highest BCUT2D eigenvalue weighted by Gasteiger charge is 2.23. The summed E-state index contributed by atoms with van der Waals surface area (Å²) in [5.41, 5.74) is 1.97. The standard InChI is InChI=1S/C21H20FN3OS/c1-3-5-14-25(20(26)17-8-6-7-9-18(17)22)21-24-23-19(27-21)16-12-10-15(4-2)11-13-16/h4,6-13H,2-3,5,14H2,1H3. The number of anilines is 1. The second-order valence-electron chi connectivity index (χ2n) is 6.01. The van der Waals surface area contributed by atoms with Crippen LogP contribution in [0.1, 0.15) is 35.7 Å². The summed E-state index contributed by atoms with van der Waals surface area (Å²) in [5, 5.41) is 9.60. The lowest BCUT2D eigenvalue weighted by Crippen LogP contribution is -2.32. The van der Waals surface area contributed by atoms with Crippen LogP contribution in [0, 0.1) is 5.82 Å². The van der Waals surface area contributed by atoms with Gasteiger partial charge in [0.05, 0.1) is 5.56 Å². The third kappa shape index (κ3) is 4.28. The molecule has 6 heteroatoms. The molecule has 0 aliphatic rings. The quantitative estimate of drug-likeness (QED) is 0.548. The van der Waals surface area contributed by atoms with Crippen LogP contribution in [0.3, 0.4) is 0 Å². The van der Waals surface area contributed by atoms with Crippen LogP contribution in [0.4, 0.5) is 9.52 Å². The van der Waals surface area contributed by atoms with Crippen LogP contribution < -0.4 is 4.90 Å². The van der Waals surface area contributed by atoms with Crippen molar-refractivity contribution in [2.45, 2.75) is 19.8 Å². The van der Waals surface area contributed by atoms with Crippen LogP contribution in [-0.4, -0.2) is 22.6 Å². The zero-order chi connectivity index (χ0) is 19.2. The maximum absolute atomic E-state index is 14.1. The first-order valence-corrected chi connectivity index (χ1v) is 9.58. The Morgan fingerprint density at radius 2 is 1.93 bits per heavy atom. The van der Waals surface area contributed by atoms with Crippen molar-refractivity contribution in [1.29, 1.82) is 0 Å². The second-order valence-corrected chi connectivity index (χ2v) is 6.96. The molecule has 2 aromatic carbocycles. The normalized spacial score (nSPS) is 10.6. The molecule has 0 saturated carbocycles. The average Bonchev–Trinajstić information content (AvgIpc) is 3.18. The Hall–Kier alpha value is -2.86. The number of amides is 1. The lowest BCUT2D eigenvalue weighted by Gasteiger charge is -2.19. The highest BCUT2D eigenvalue weighted by molar-refractivity contribution is 7.18. The molecule has 1 aromatic heterocycles. The van der Waals surface area contributed by atoms with Crippen molar-refractivity contribution in [2.75, 3.05) is 11.4 Å². The fourth-order valence-electron chi connectivity index (χ4n) is 2.58. The lowest BCUT2D eigenvalue weighted by atomic mass is 10.1. The van der Waals surface area contributed by atoms with Gasteiger partial charge in [-0.2, -0.15) is 0 Å². The molecule has 0 fully saturated rings. The summed E-state index contributed by atoms with van der Waals surface area (Å²) in [6.07, 6.45) is 3.48. The highest BCUT2D eigenvalue weighted by Crippen LogP contribution is 2.30. The molecular formula is C21H20FN3OS. The van der Waals surface area contributed by atoms with Crippen molar-refractivity contribution in [1.82, 2.24) is 10.2 Å². The van der Waals surface area contributed by atoms with E-state index in [2.05, 4.69) is 16.8 Å². The zero-order valence-electron chi connectivity index (χ0n) is 15.1. The maximum atomic E-state index is 14.1. The zero-order valence-corrected chi connectivity index (χ0v) is 15.9. The van der Waals surface area contributed by atoms with Crippen LogP contribution in [0.25, 0.3) is 16.6 Å². The first-order chi connectivity index (χ1) is 13.1. The van der Waals surface area contributed by atoms with E-state index in [1.165, 1.54) is 28.4 Å². The van der Waals surface area contributed by atoms with Gasteiger partial charge in [-0.15, -0.1) is 10.2 Å². The van der Waals surface area contributed by atoms with Crippen molar-refractivity contribution < 1.29 is 9.18 Å². The topological polar surface area (TPSA) is 46.1 Å². The minimum absolute atomic E-state index is 0.0423. The molecule has 1 heterocycles. The van der Waals surface area contributed by atoms with E-state index < -0.39 is 11.7 Å². The summed E-state index contributed by atoms with van der Waals surface area (Å²) >= 11 is 1.32. The number of hydrogen-bond donors (Lipinski definition) is 0. The molecule has 138 valence electrons. The number of carbonyl (C=O) groups excluding carboxylic acids is 1. The van der Waals surface area contributed by atoms with E-state index in [1.54, 1.807) is 18.2 Å². The van der Waals surface area contributed by atoms with Gasteiger partial charge in [0.15, 0.2) is 0 Å². The van der Waals surface area contributed by atoms with Gasteiger partial charge in [0, 0.05) is 12.1 Å². The molecular weight excluding hydrogens is 361 g/mol. The van der Waals surface area contributed by atoms with E-state index in [0.717, 1.165) is 24.0 Å². The SMILES string of the molecule is C=Cc1ccc(-c2nnc(N(CCCC)C(=O)c3ccccc3F)s2)cc1. The van der Waals surface area contributed by atoms with Crippen LogP contribution in [0.2, 0.25) is 0 Å². The molecule has 0 aliphatic heterocycles. The van der Waals surface area contributed by atoms with Gasteiger partial charge in [-0.05, 0) is 24.1 Å². The average molecular weight is 381 g/mol. The molecule has 3 aromatic rings. The molecule has 4 nitrogen and oxygen atoms in total. The van der Waals surface area contributed by atoms with E-state index in [9.17, 15) is 9.18 Å². The second kappa shape index (κ2) is 8.68. The van der Waals surface area contributed by atoms with E-state index in [-0.39, 0.29) is 5.56 Å². The van der Waals surface area contributed by atoms with Crippen LogP contribution in [0.5, 0.6) is 0 Å². The molecule has 0 unspecified atom stereocenters. The number of nitrogens with zero attached hydrogens (tertiary/aromatic N) is 3. The smallest absolute Gasteiger partial charge is 0.263 e. The van der Waals surface area contributed by atoms with Crippen LogP contribution in [0.15, 0.2) is 55.1 Å². The van der Waals surface area contributed by atoms with Crippen molar-refractivity contribution in [3.05, 3.63) is 72.1 Å². The molecule has 0 saturated heterocycles. The van der Waals surface area contributed by atoms with Gasteiger partial charge in [-0.25, -0.2) is 4.39 Å². The van der Waals surface area contributed by atoms with E-state index >= 15 is 0 Å². The van der Waals surface area contributed by atoms with Crippen LogP contribution >= 0.6 is 11.3 Å². The van der Waals surface area contributed by atoms with Gasteiger partial charge in [0.25, 0.3) is 5.91 Å². The number of benzene rings is 2. The van der Waals surface area contributed by atoms with Gasteiger partial charge in [0.1, 0.15) is 10.8 Å². The van der Waals surface area contributed by atoms with Gasteiger partial charge in [-0.3, -0.25) is 9.69 Å². The molecule has 3 rings (SSSR count). The predicted molar refractivity (Wildman–Crippen MR) is 108 cm³/mol. The van der Waals surface area contributed by atoms with Gasteiger partial charge in [0.2, 0.25) is 5.13 Å². The molecule has 1 amide bonds. The first-order valence-electron chi connectivity index (χ1n) is 8.76. The van der Waals surface area contributed by atoms with Crippen molar-refractivity contribution in [3.8, 4) is 10.6 Å². The Balaban J connectivity index is 1.91. The molecule has 0 N–H and O–H groups in total. The Bertz CT molecular complexity index is 937. The Morgan fingerprint density at radius 1 is 1.19 bits per heavy atom. The van der Waals surface area contributed by atoms with E-state index in [1.807, 2.05) is 31.2 Å². The highest BCUT2D eigenvalue weighted by atomic mass is 32.1. The third-order valence-electron chi connectivity index (χ3n) is 4.12. The summed E-state index contributed by atoms with van der Waals surface area (Å²) in [5.74, 6) is -0.931. The fourth-order valence-corrected chi connectivity index (χ4v) is 3.46. The molecule has 0 bridgehead atoms. The van der Waals surface area contributed by atoms with Crippen molar-refractivity contribution in [3.63, 3.8) is 0 Å². The maximum Gasteiger partial charge on any atom is 0.263 e. The van der Waals surface area contributed by atoms with Crippen molar-refractivity contribution in [2.24, 2.45) is 0 Å². The number of unbranched alkanes of at least 4 members (excludes halogenated alkanes) is 1. The van der Waals surface area contributed by atoms with Gasteiger partial charge < -0.3 is 0 Å². The number of carbonyl (C=O) groups is 1. The Labute approximate surface area is 162 Å². The van der Waals surface area contributed by atoms with Gasteiger partial charge >= 0.3 is 0 Å². The summed E-state index contributed by atoms with van der Waals surface area (Å²) < 4.78 is 14.1. The number of hydrogen-bond acceptors (Lipinski definition) is 4. The predicted octanol–water partition coefficient (Wildman–Crippen LogP) is 5.43. The number of rotatable bonds is 7. The Kier molecular flexibility index (Phi) is 6.08. The molecule has 0 aliphatic carbocycles. The van der Waals surface area contributed by atoms with E-state index in [0.29, 0.717) is 16.7 Å². The number of halogens is 1. The summed E-state index contributed by atoms with van der Waals surface area (Å²) in [6, 6.07) is 13.8. The van der Waals surface area contributed by atoms with Crippen LogP contribution in [-0.2, 0) is 0 Å². The minimum atomic E-state index is -0.534. The van der Waals surface area contributed by atoms with E-state index in [4.69, 9.17) is 0 Å². The number of aromatic nitrogens is 2. The molecule has 0 spiro atoms. The molecule has 0 atom stereocenters. The third-order valence-corrected chi connectivity index (χ3v) is 5.12. The monoisotopic (exact) mass is 381 g/mol. The fraction of sp³-hybridized carbons (Fsp3) is 0.190. The molecule has 0 radical (unpaired) electrons. The largest absolute Gasteiger partial charge is 0.282 e. The lowest BCUT2D eigenvalue weighted by molar-refractivity contribution is 0.0982. The summed E-state index contributed by atoms with van der Waals surface area (Å²) in [4.78, 5) is 14.4. The summed E-state index contributed by atoms with van der Waals surface area (Å²) in [6.45, 7) is 6.25. The summed E-state index contributed by atoms with van der Waals surface area (Å²) in [7, 11) is 0. The van der Waals surface area contributed by atoms with Gasteiger partial charge in [-0.1, -0.05) is 73.7 Å². The first kappa shape index (κ1) is 18.9.